The van der Waals surface area contributed by atoms with Gasteiger partial charge in [0.15, 0.2) is 5.82 Å². The Hall–Kier alpha value is -1.74. The van der Waals surface area contributed by atoms with Gasteiger partial charge in [0, 0.05) is 36.6 Å². The molecule has 21 heavy (non-hydrogen) atoms. The molecule has 1 aliphatic rings. The summed E-state index contributed by atoms with van der Waals surface area (Å²) in [6, 6.07) is 8.25. The van der Waals surface area contributed by atoms with E-state index in [1.54, 1.807) is 0 Å². The molecule has 1 aliphatic carbocycles. The van der Waals surface area contributed by atoms with E-state index in [2.05, 4.69) is 41.0 Å². The molecule has 3 rings (SSSR count). The average Bonchev–Trinajstić information content (AvgIpc) is 2.45. The number of rotatable bonds is 5. The molecule has 2 aromatic rings. The summed E-state index contributed by atoms with van der Waals surface area (Å²) in [5.41, 5.74) is 3.52. The Balaban J connectivity index is 1.65. The first kappa shape index (κ1) is 14.2. The molecule has 1 aromatic heterocycles. The van der Waals surface area contributed by atoms with E-state index in [4.69, 9.17) is 0 Å². The molecule has 0 bridgehead atoms. The smallest absolute Gasteiger partial charge is 0.159 e. The van der Waals surface area contributed by atoms with Gasteiger partial charge in [-0.1, -0.05) is 30.7 Å². The van der Waals surface area contributed by atoms with Crippen LogP contribution in [-0.4, -0.2) is 28.5 Å². The van der Waals surface area contributed by atoms with Crippen molar-refractivity contribution in [2.24, 2.45) is 5.92 Å². The van der Waals surface area contributed by atoms with E-state index in [1.807, 2.05) is 24.5 Å². The maximum absolute atomic E-state index is 4.54. The van der Waals surface area contributed by atoms with Gasteiger partial charge in [-0.15, -0.1) is 0 Å². The summed E-state index contributed by atoms with van der Waals surface area (Å²) in [4.78, 5) is 11.5. The average molecular weight is 281 g/mol. The van der Waals surface area contributed by atoms with Crippen LogP contribution in [0.2, 0.25) is 0 Å². The fraction of sp³-hybridized carbons (Fsp3) is 0.444. The van der Waals surface area contributed by atoms with E-state index < -0.39 is 0 Å². The van der Waals surface area contributed by atoms with Gasteiger partial charge in [0.2, 0.25) is 0 Å². The van der Waals surface area contributed by atoms with Gasteiger partial charge in [-0.05, 0) is 38.3 Å². The maximum atomic E-state index is 4.54. The number of benzene rings is 1. The van der Waals surface area contributed by atoms with Crippen molar-refractivity contribution in [3.8, 4) is 11.4 Å². The van der Waals surface area contributed by atoms with Crippen molar-refractivity contribution < 1.29 is 0 Å². The van der Waals surface area contributed by atoms with Crippen molar-refractivity contribution in [2.45, 2.75) is 32.7 Å². The molecule has 0 unspecified atom stereocenters. The van der Waals surface area contributed by atoms with Crippen LogP contribution in [0.4, 0.5) is 0 Å². The minimum atomic E-state index is 0.818. The Morgan fingerprint density at radius 2 is 1.86 bits per heavy atom. The van der Waals surface area contributed by atoms with Crippen molar-refractivity contribution in [3.63, 3.8) is 0 Å². The zero-order valence-electron chi connectivity index (χ0n) is 12.9. The van der Waals surface area contributed by atoms with Gasteiger partial charge < -0.3 is 4.90 Å². The van der Waals surface area contributed by atoms with Crippen molar-refractivity contribution >= 4 is 0 Å². The van der Waals surface area contributed by atoms with E-state index in [1.165, 1.54) is 36.9 Å². The zero-order valence-corrected chi connectivity index (χ0v) is 12.9. The molecule has 1 saturated carbocycles. The van der Waals surface area contributed by atoms with E-state index >= 15 is 0 Å². The Morgan fingerprint density at radius 3 is 2.48 bits per heavy atom. The van der Waals surface area contributed by atoms with Crippen LogP contribution in [0.5, 0.6) is 0 Å². The number of aromatic nitrogens is 2. The molecule has 0 aliphatic heterocycles. The summed E-state index contributed by atoms with van der Waals surface area (Å²) < 4.78 is 0. The standard InChI is InChI=1S/C18H23N3/c1-14-6-3-4-9-17(14)18-19-10-16(11-20-18)13-21(2)12-15-7-5-8-15/h3-4,6,9-11,15H,5,7-8,12-13H2,1-2H3. The van der Waals surface area contributed by atoms with Crippen molar-refractivity contribution in [3.05, 3.63) is 47.8 Å². The molecule has 110 valence electrons. The first-order chi connectivity index (χ1) is 10.2. The predicted molar refractivity (Wildman–Crippen MR) is 85.9 cm³/mol. The lowest BCUT2D eigenvalue weighted by Gasteiger charge is -2.30. The molecule has 0 N–H and O–H groups in total. The van der Waals surface area contributed by atoms with Gasteiger partial charge in [0.1, 0.15) is 0 Å². The van der Waals surface area contributed by atoms with Gasteiger partial charge in [-0.25, -0.2) is 9.97 Å². The second kappa shape index (κ2) is 6.35. The largest absolute Gasteiger partial charge is 0.302 e. The second-order valence-corrected chi connectivity index (χ2v) is 6.22. The summed E-state index contributed by atoms with van der Waals surface area (Å²) >= 11 is 0. The summed E-state index contributed by atoms with van der Waals surface area (Å²) in [6.45, 7) is 4.23. The van der Waals surface area contributed by atoms with E-state index in [9.17, 15) is 0 Å². The molecular formula is C18H23N3. The molecule has 0 saturated heterocycles. The molecule has 0 amide bonds. The monoisotopic (exact) mass is 281 g/mol. The van der Waals surface area contributed by atoms with Crippen LogP contribution in [0.3, 0.4) is 0 Å². The number of aryl methyl sites for hydroxylation is 1. The Bertz CT molecular complexity index is 588. The van der Waals surface area contributed by atoms with E-state index in [0.717, 1.165) is 23.9 Å². The molecule has 3 heteroatoms. The molecule has 0 spiro atoms. The highest BCUT2D eigenvalue weighted by atomic mass is 15.1. The number of nitrogens with zero attached hydrogens (tertiary/aromatic N) is 3. The summed E-state index contributed by atoms with van der Waals surface area (Å²) in [7, 11) is 2.19. The molecule has 1 heterocycles. The second-order valence-electron chi connectivity index (χ2n) is 6.22. The Labute approximate surface area is 127 Å². The third kappa shape index (κ3) is 3.48. The third-order valence-electron chi connectivity index (χ3n) is 4.34. The third-order valence-corrected chi connectivity index (χ3v) is 4.34. The van der Waals surface area contributed by atoms with Crippen molar-refractivity contribution in [2.75, 3.05) is 13.6 Å². The van der Waals surface area contributed by atoms with Crippen LogP contribution in [0.15, 0.2) is 36.7 Å². The van der Waals surface area contributed by atoms with Gasteiger partial charge in [-0.3, -0.25) is 0 Å². The lowest BCUT2D eigenvalue weighted by molar-refractivity contribution is 0.200. The minimum absolute atomic E-state index is 0.818. The first-order valence-electron chi connectivity index (χ1n) is 7.78. The summed E-state index contributed by atoms with van der Waals surface area (Å²) in [5, 5.41) is 0. The molecule has 1 aromatic carbocycles. The van der Waals surface area contributed by atoms with Crippen LogP contribution in [-0.2, 0) is 6.54 Å². The zero-order chi connectivity index (χ0) is 14.7. The lowest BCUT2D eigenvalue weighted by Crippen LogP contribution is -2.29. The first-order valence-corrected chi connectivity index (χ1v) is 7.78. The molecule has 3 nitrogen and oxygen atoms in total. The molecular weight excluding hydrogens is 258 g/mol. The highest BCUT2D eigenvalue weighted by Gasteiger charge is 2.19. The minimum Gasteiger partial charge on any atom is -0.302 e. The van der Waals surface area contributed by atoms with Crippen molar-refractivity contribution in [1.82, 2.24) is 14.9 Å². The van der Waals surface area contributed by atoms with Gasteiger partial charge in [0.05, 0.1) is 0 Å². The van der Waals surface area contributed by atoms with Crippen LogP contribution in [0, 0.1) is 12.8 Å². The molecule has 0 radical (unpaired) electrons. The fourth-order valence-corrected chi connectivity index (χ4v) is 2.89. The normalized spacial score (nSPS) is 15.2. The lowest BCUT2D eigenvalue weighted by atomic mass is 9.85. The maximum Gasteiger partial charge on any atom is 0.159 e. The van der Waals surface area contributed by atoms with E-state index in [-0.39, 0.29) is 0 Å². The van der Waals surface area contributed by atoms with Crippen LogP contribution in [0.25, 0.3) is 11.4 Å². The highest BCUT2D eigenvalue weighted by Crippen LogP contribution is 2.27. The molecule has 1 fully saturated rings. The number of hydrogen-bond donors (Lipinski definition) is 0. The van der Waals surface area contributed by atoms with Crippen LogP contribution < -0.4 is 0 Å². The van der Waals surface area contributed by atoms with E-state index in [0.29, 0.717) is 0 Å². The molecule has 0 atom stereocenters. The fourth-order valence-electron chi connectivity index (χ4n) is 2.89. The van der Waals surface area contributed by atoms with Crippen molar-refractivity contribution in [1.29, 1.82) is 0 Å². The Morgan fingerprint density at radius 1 is 1.14 bits per heavy atom. The predicted octanol–water partition coefficient (Wildman–Crippen LogP) is 3.68. The summed E-state index contributed by atoms with van der Waals surface area (Å²) in [5.74, 6) is 1.72. The van der Waals surface area contributed by atoms with Gasteiger partial charge in [-0.2, -0.15) is 0 Å². The topological polar surface area (TPSA) is 29.0 Å². The van der Waals surface area contributed by atoms with Crippen LogP contribution in [0.1, 0.15) is 30.4 Å². The van der Waals surface area contributed by atoms with Crippen LogP contribution >= 0.6 is 0 Å². The van der Waals surface area contributed by atoms with Gasteiger partial charge in [0.25, 0.3) is 0 Å². The summed E-state index contributed by atoms with van der Waals surface area (Å²) in [6.07, 6.45) is 8.13. The SMILES string of the molecule is Cc1ccccc1-c1ncc(CN(C)CC2CCC2)cn1. The highest BCUT2D eigenvalue weighted by molar-refractivity contribution is 5.59. The Kier molecular flexibility index (Phi) is 4.30. The van der Waals surface area contributed by atoms with Gasteiger partial charge >= 0.3 is 0 Å². The quantitative estimate of drug-likeness (QED) is 0.837. The number of hydrogen-bond acceptors (Lipinski definition) is 3.